The van der Waals surface area contributed by atoms with Crippen molar-refractivity contribution in [1.82, 2.24) is 5.32 Å². The molecule has 0 saturated carbocycles. The minimum absolute atomic E-state index is 0.0269. The number of thioether (sulfide) groups is 1. The van der Waals surface area contributed by atoms with Gasteiger partial charge in [-0.3, -0.25) is 14.9 Å². The molecule has 2 N–H and O–H groups in total. The summed E-state index contributed by atoms with van der Waals surface area (Å²) in [6.45, 7) is 1.66. The summed E-state index contributed by atoms with van der Waals surface area (Å²) < 4.78 is 0. The van der Waals surface area contributed by atoms with E-state index in [-0.39, 0.29) is 22.8 Å². The fourth-order valence-electron chi connectivity index (χ4n) is 1.53. The number of halogens is 1. The predicted molar refractivity (Wildman–Crippen MR) is 79.4 cm³/mol. The van der Waals surface area contributed by atoms with Crippen molar-refractivity contribution >= 4 is 35.0 Å². The molecule has 0 bridgehead atoms. The van der Waals surface area contributed by atoms with E-state index >= 15 is 0 Å². The van der Waals surface area contributed by atoms with Crippen LogP contribution in [0.1, 0.15) is 17.3 Å². The van der Waals surface area contributed by atoms with Crippen LogP contribution >= 0.6 is 23.4 Å². The molecule has 0 saturated heterocycles. The van der Waals surface area contributed by atoms with Crippen LogP contribution < -0.4 is 5.32 Å². The first kappa shape index (κ1) is 16.7. The second-order valence-corrected chi connectivity index (χ2v) is 5.81. The number of carbonyl (C=O) groups excluding carboxylic acids is 1. The summed E-state index contributed by atoms with van der Waals surface area (Å²) in [6, 6.07) is 3.81. The fraction of sp³-hybridized carbons (Fsp3) is 0.417. The number of hydrogen-bond donors (Lipinski definition) is 2. The van der Waals surface area contributed by atoms with Crippen molar-refractivity contribution in [3.63, 3.8) is 0 Å². The number of amides is 1. The zero-order valence-electron chi connectivity index (χ0n) is 11.1. The van der Waals surface area contributed by atoms with Gasteiger partial charge in [0.15, 0.2) is 0 Å². The lowest BCUT2D eigenvalue weighted by Gasteiger charge is -2.22. The average Bonchev–Trinajstić information content (AvgIpc) is 2.36. The van der Waals surface area contributed by atoms with Gasteiger partial charge in [0.25, 0.3) is 11.6 Å². The van der Waals surface area contributed by atoms with Crippen LogP contribution in [0.2, 0.25) is 5.02 Å². The maximum Gasteiger partial charge on any atom is 0.288 e. The lowest BCUT2D eigenvalue weighted by Crippen LogP contribution is -2.42. The lowest BCUT2D eigenvalue weighted by molar-refractivity contribution is -0.384. The van der Waals surface area contributed by atoms with Crippen molar-refractivity contribution in [3.8, 4) is 0 Å². The zero-order chi connectivity index (χ0) is 15.3. The second-order valence-electron chi connectivity index (χ2n) is 4.54. The molecule has 0 aliphatic carbocycles. The minimum Gasteiger partial charge on any atom is -0.387 e. The predicted octanol–water partition coefficient (Wildman–Crippen LogP) is 2.09. The van der Waals surface area contributed by atoms with E-state index in [1.54, 1.807) is 6.92 Å². The number of nitrogens with one attached hydrogen (secondary N) is 1. The molecule has 1 amide bonds. The van der Waals surface area contributed by atoms with E-state index in [0.29, 0.717) is 5.75 Å². The smallest absolute Gasteiger partial charge is 0.288 e. The summed E-state index contributed by atoms with van der Waals surface area (Å²) in [5.74, 6) is -0.0280. The first-order chi connectivity index (χ1) is 9.26. The summed E-state index contributed by atoms with van der Waals surface area (Å²) in [7, 11) is 0. The highest BCUT2D eigenvalue weighted by atomic mass is 35.5. The van der Waals surface area contributed by atoms with Crippen LogP contribution in [-0.2, 0) is 0 Å². The molecule has 0 aliphatic rings. The van der Waals surface area contributed by atoms with Gasteiger partial charge in [0.1, 0.15) is 5.02 Å². The van der Waals surface area contributed by atoms with Gasteiger partial charge in [-0.1, -0.05) is 11.6 Å². The number of nitro benzene ring substituents is 1. The summed E-state index contributed by atoms with van der Waals surface area (Å²) >= 11 is 7.13. The number of carbonyl (C=O) groups is 1. The van der Waals surface area contributed by atoms with Crippen molar-refractivity contribution in [2.45, 2.75) is 12.5 Å². The summed E-state index contributed by atoms with van der Waals surface area (Å²) in [6.07, 6.45) is 1.85. The van der Waals surface area contributed by atoms with Crippen molar-refractivity contribution in [2.75, 3.05) is 18.6 Å². The van der Waals surface area contributed by atoms with Crippen LogP contribution in [0, 0.1) is 10.1 Å². The average molecular weight is 319 g/mol. The molecule has 1 rings (SSSR count). The SMILES string of the molecule is CSCC(C)(O)CNC(=O)c1ccc(Cl)c([N+](=O)[O-])c1. The third-order valence-corrected chi connectivity index (χ3v) is 3.72. The van der Waals surface area contributed by atoms with Gasteiger partial charge in [-0.25, -0.2) is 0 Å². The van der Waals surface area contributed by atoms with E-state index in [2.05, 4.69) is 5.32 Å². The molecule has 0 fully saturated rings. The van der Waals surface area contributed by atoms with Crippen molar-refractivity contribution in [2.24, 2.45) is 0 Å². The third-order valence-electron chi connectivity index (χ3n) is 2.49. The number of aliphatic hydroxyl groups is 1. The molecule has 0 aromatic heterocycles. The van der Waals surface area contributed by atoms with Gasteiger partial charge in [0.05, 0.1) is 10.5 Å². The highest BCUT2D eigenvalue weighted by Crippen LogP contribution is 2.25. The molecule has 1 aromatic rings. The van der Waals surface area contributed by atoms with Crippen LogP contribution in [0.3, 0.4) is 0 Å². The summed E-state index contributed by atoms with van der Waals surface area (Å²) in [4.78, 5) is 22.0. The van der Waals surface area contributed by atoms with E-state index in [1.165, 1.54) is 23.9 Å². The molecule has 0 aliphatic heterocycles. The van der Waals surface area contributed by atoms with E-state index < -0.39 is 16.4 Å². The number of benzene rings is 1. The van der Waals surface area contributed by atoms with Crippen LogP contribution in [0.4, 0.5) is 5.69 Å². The Hall–Kier alpha value is -1.31. The standard InChI is InChI=1S/C12H15ClN2O4S/c1-12(17,7-20-2)6-14-11(16)8-3-4-9(13)10(5-8)15(18)19/h3-5,17H,6-7H2,1-2H3,(H,14,16). The van der Waals surface area contributed by atoms with E-state index in [9.17, 15) is 20.0 Å². The lowest BCUT2D eigenvalue weighted by atomic mass is 10.1. The third kappa shape index (κ3) is 4.66. The molecule has 1 aromatic carbocycles. The number of nitrogens with zero attached hydrogens (tertiary/aromatic N) is 1. The second kappa shape index (κ2) is 6.92. The van der Waals surface area contributed by atoms with Crippen molar-refractivity contribution in [3.05, 3.63) is 38.9 Å². The molecule has 1 atom stereocenters. The summed E-state index contributed by atoms with van der Waals surface area (Å²) in [5, 5.41) is 23.2. The van der Waals surface area contributed by atoms with Gasteiger partial charge >= 0.3 is 0 Å². The maximum atomic E-state index is 11.9. The van der Waals surface area contributed by atoms with Crippen LogP contribution in [0.15, 0.2) is 18.2 Å². The number of hydrogen-bond acceptors (Lipinski definition) is 5. The van der Waals surface area contributed by atoms with Gasteiger partial charge in [0, 0.05) is 23.9 Å². The highest BCUT2D eigenvalue weighted by molar-refractivity contribution is 7.98. The van der Waals surface area contributed by atoms with Crippen LogP contribution in [-0.4, -0.2) is 40.1 Å². The Balaban J connectivity index is 2.78. The van der Waals surface area contributed by atoms with Crippen LogP contribution in [0.5, 0.6) is 0 Å². The Morgan fingerprint density at radius 1 is 1.60 bits per heavy atom. The largest absolute Gasteiger partial charge is 0.387 e. The Bertz CT molecular complexity index is 522. The maximum absolute atomic E-state index is 11.9. The first-order valence-corrected chi connectivity index (χ1v) is 7.47. The van der Waals surface area contributed by atoms with Crippen LogP contribution in [0.25, 0.3) is 0 Å². The number of nitro groups is 1. The molecule has 20 heavy (non-hydrogen) atoms. The quantitative estimate of drug-likeness (QED) is 0.619. The Kier molecular flexibility index (Phi) is 5.79. The van der Waals surface area contributed by atoms with E-state index in [4.69, 9.17) is 11.6 Å². The van der Waals surface area contributed by atoms with Crippen molar-refractivity contribution < 1.29 is 14.8 Å². The molecular weight excluding hydrogens is 304 g/mol. The van der Waals surface area contributed by atoms with Gasteiger partial charge in [-0.15, -0.1) is 0 Å². The Morgan fingerprint density at radius 2 is 2.25 bits per heavy atom. The van der Waals surface area contributed by atoms with Gasteiger partial charge in [-0.2, -0.15) is 11.8 Å². The molecule has 0 heterocycles. The Labute approximate surface area is 125 Å². The molecule has 1 unspecified atom stereocenters. The topological polar surface area (TPSA) is 92.5 Å². The van der Waals surface area contributed by atoms with Crippen molar-refractivity contribution in [1.29, 1.82) is 0 Å². The van der Waals surface area contributed by atoms with Gasteiger partial charge in [-0.05, 0) is 25.3 Å². The van der Waals surface area contributed by atoms with Gasteiger partial charge in [0.2, 0.25) is 0 Å². The normalized spacial score (nSPS) is 13.6. The molecule has 0 spiro atoms. The van der Waals surface area contributed by atoms with E-state index in [1.807, 2.05) is 6.26 Å². The molecule has 6 nitrogen and oxygen atoms in total. The molecule has 110 valence electrons. The fourth-order valence-corrected chi connectivity index (χ4v) is 2.44. The van der Waals surface area contributed by atoms with Gasteiger partial charge < -0.3 is 10.4 Å². The minimum atomic E-state index is -1.03. The molecule has 0 radical (unpaired) electrons. The molecular formula is C12H15ClN2O4S. The molecule has 8 heteroatoms. The summed E-state index contributed by atoms with van der Waals surface area (Å²) in [5.41, 5.74) is -1.23. The number of rotatable bonds is 6. The highest BCUT2D eigenvalue weighted by Gasteiger charge is 2.22. The Morgan fingerprint density at radius 3 is 2.80 bits per heavy atom. The monoisotopic (exact) mass is 318 g/mol. The first-order valence-electron chi connectivity index (χ1n) is 5.70. The zero-order valence-corrected chi connectivity index (χ0v) is 12.6. The van der Waals surface area contributed by atoms with E-state index in [0.717, 1.165) is 6.07 Å².